The van der Waals surface area contributed by atoms with Gasteiger partial charge in [0, 0.05) is 27.5 Å². The molecule has 112 valence electrons. The molecule has 21 heavy (non-hydrogen) atoms. The van der Waals surface area contributed by atoms with Gasteiger partial charge in [0.25, 0.3) is 0 Å². The number of rotatable bonds is 6. The van der Waals surface area contributed by atoms with Gasteiger partial charge in [0.2, 0.25) is 0 Å². The van der Waals surface area contributed by atoms with E-state index in [4.69, 9.17) is 4.98 Å². The molecular weight excluding hydrogens is 351 g/mol. The Hall–Kier alpha value is -0.780. The Kier molecular flexibility index (Phi) is 4.72. The first-order valence-corrected chi connectivity index (χ1v) is 8.95. The average Bonchev–Trinajstić information content (AvgIpc) is 3.19. The summed E-state index contributed by atoms with van der Waals surface area (Å²) in [7, 11) is 0. The summed E-state index contributed by atoms with van der Waals surface area (Å²) in [5.74, 6) is -0.230. The molecule has 1 aliphatic carbocycles. The first-order chi connectivity index (χ1) is 10.2. The number of nitrogens with zero attached hydrogens (tertiary/aromatic N) is 1. The van der Waals surface area contributed by atoms with E-state index < -0.39 is 0 Å². The molecular formula is C16H18BrFN2S. The summed E-state index contributed by atoms with van der Waals surface area (Å²) < 4.78 is 14.0. The predicted molar refractivity (Wildman–Crippen MR) is 89.1 cm³/mol. The standard InChI is InChI=1S/C16H18BrFN2S/c1-2-3-14-15(9-19-11-5-6-11)21-16(20-14)12-7-4-10(18)8-13(12)17/h4,7-8,11,19H,2-3,5-6,9H2,1H3. The van der Waals surface area contributed by atoms with Crippen LogP contribution in [0, 0.1) is 5.82 Å². The van der Waals surface area contributed by atoms with E-state index in [9.17, 15) is 4.39 Å². The quantitative estimate of drug-likeness (QED) is 0.782. The minimum atomic E-state index is -0.230. The first-order valence-electron chi connectivity index (χ1n) is 7.34. The molecule has 0 radical (unpaired) electrons. The molecule has 2 aromatic rings. The maximum atomic E-state index is 13.2. The van der Waals surface area contributed by atoms with Gasteiger partial charge in [-0.25, -0.2) is 9.37 Å². The Morgan fingerprint density at radius 3 is 2.90 bits per heavy atom. The Morgan fingerprint density at radius 2 is 2.24 bits per heavy atom. The van der Waals surface area contributed by atoms with E-state index in [1.807, 2.05) is 0 Å². The van der Waals surface area contributed by atoms with Crippen molar-refractivity contribution in [3.8, 4) is 10.6 Å². The van der Waals surface area contributed by atoms with Crippen molar-refractivity contribution in [1.29, 1.82) is 0 Å². The summed E-state index contributed by atoms with van der Waals surface area (Å²) in [5.41, 5.74) is 2.15. The zero-order valence-corrected chi connectivity index (χ0v) is 14.4. The average molecular weight is 369 g/mol. The molecule has 5 heteroatoms. The number of aryl methyl sites for hydroxylation is 1. The number of hydrogen-bond acceptors (Lipinski definition) is 3. The van der Waals surface area contributed by atoms with Crippen LogP contribution in [0.5, 0.6) is 0 Å². The van der Waals surface area contributed by atoms with Crippen LogP contribution in [-0.2, 0) is 13.0 Å². The van der Waals surface area contributed by atoms with E-state index in [1.165, 1.54) is 35.5 Å². The summed E-state index contributed by atoms with van der Waals surface area (Å²) >= 11 is 5.16. The molecule has 0 spiro atoms. The third kappa shape index (κ3) is 3.71. The highest BCUT2D eigenvalue weighted by Gasteiger charge is 2.22. The van der Waals surface area contributed by atoms with E-state index in [2.05, 4.69) is 28.2 Å². The number of nitrogens with one attached hydrogen (secondary N) is 1. The molecule has 0 amide bonds. The summed E-state index contributed by atoms with van der Waals surface area (Å²) in [6.45, 7) is 3.07. The van der Waals surface area contributed by atoms with Crippen molar-refractivity contribution in [3.05, 3.63) is 39.1 Å². The monoisotopic (exact) mass is 368 g/mol. The molecule has 0 atom stereocenters. The van der Waals surface area contributed by atoms with Gasteiger partial charge in [0.05, 0.1) is 5.69 Å². The van der Waals surface area contributed by atoms with Crippen LogP contribution in [0.1, 0.15) is 36.8 Å². The Morgan fingerprint density at radius 1 is 1.43 bits per heavy atom. The third-order valence-corrected chi connectivity index (χ3v) is 5.34. The Balaban J connectivity index is 1.88. The first kappa shape index (κ1) is 15.1. The zero-order valence-electron chi connectivity index (χ0n) is 12.0. The lowest BCUT2D eigenvalue weighted by Crippen LogP contribution is -2.15. The topological polar surface area (TPSA) is 24.9 Å². The fourth-order valence-electron chi connectivity index (χ4n) is 2.26. The van der Waals surface area contributed by atoms with E-state index in [0.717, 1.165) is 34.4 Å². The van der Waals surface area contributed by atoms with Crippen molar-refractivity contribution >= 4 is 27.3 Å². The molecule has 2 nitrogen and oxygen atoms in total. The molecule has 0 aliphatic heterocycles. The lowest BCUT2D eigenvalue weighted by atomic mass is 10.2. The fraction of sp³-hybridized carbons (Fsp3) is 0.438. The van der Waals surface area contributed by atoms with E-state index >= 15 is 0 Å². The molecule has 3 rings (SSSR count). The van der Waals surface area contributed by atoms with Crippen LogP contribution < -0.4 is 5.32 Å². The molecule has 1 fully saturated rings. The van der Waals surface area contributed by atoms with Crippen LogP contribution in [-0.4, -0.2) is 11.0 Å². The number of benzene rings is 1. The van der Waals surface area contributed by atoms with Crippen LogP contribution >= 0.6 is 27.3 Å². The van der Waals surface area contributed by atoms with Crippen molar-refractivity contribution in [2.24, 2.45) is 0 Å². The van der Waals surface area contributed by atoms with Crippen molar-refractivity contribution in [3.63, 3.8) is 0 Å². The lowest BCUT2D eigenvalue weighted by Gasteiger charge is -2.01. The second-order valence-corrected chi connectivity index (χ2v) is 7.36. The van der Waals surface area contributed by atoms with Crippen LogP contribution in [0.2, 0.25) is 0 Å². The van der Waals surface area contributed by atoms with Crippen LogP contribution in [0.4, 0.5) is 4.39 Å². The normalized spacial score (nSPS) is 14.6. The maximum absolute atomic E-state index is 13.2. The van der Waals surface area contributed by atoms with Crippen molar-refractivity contribution in [1.82, 2.24) is 10.3 Å². The number of halogens is 2. The highest BCUT2D eigenvalue weighted by Crippen LogP contribution is 2.34. The molecule has 1 aliphatic rings. The van der Waals surface area contributed by atoms with Crippen molar-refractivity contribution in [2.45, 2.75) is 45.2 Å². The predicted octanol–water partition coefficient (Wildman–Crippen LogP) is 4.92. The molecule has 1 N–H and O–H groups in total. The zero-order chi connectivity index (χ0) is 14.8. The van der Waals surface area contributed by atoms with Crippen LogP contribution in [0.25, 0.3) is 10.6 Å². The smallest absolute Gasteiger partial charge is 0.125 e. The Bertz CT molecular complexity index is 637. The van der Waals surface area contributed by atoms with Crippen LogP contribution in [0.3, 0.4) is 0 Å². The van der Waals surface area contributed by atoms with Gasteiger partial charge in [-0.1, -0.05) is 13.3 Å². The van der Waals surface area contributed by atoms with E-state index in [0.29, 0.717) is 6.04 Å². The van der Waals surface area contributed by atoms with Gasteiger partial charge < -0.3 is 5.32 Å². The molecule has 0 saturated heterocycles. The molecule has 0 unspecified atom stereocenters. The van der Waals surface area contributed by atoms with Crippen LogP contribution in [0.15, 0.2) is 22.7 Å². The fourth-order valence-corrected chi connectivity index (χ4v) is 4.02. The van der Waals surface area contributed by atoms with Gasteiger partial charge in [0.1, 0.15) is 10.8 Å². The largest absolute Gasteiger partial charge is 0.309 e. The van der Waals surface area contributed by atoms with Gasteiger partial charge in [-0.3, -0.25) is 0 Å². The number of hydrogen-bond donors (Lipinski definition) is 1. The Labute approximate surface area is 136 Å². The summed E-state index contributed by atoms with van der Waals surface area (Å²) in [4.78, 5) is 6.10. The van der Waals surface area contributed by atoms with Crippen molar-refractivity contribution < 1.29 is 4.39 Å². The minimum absolute atomic E-state index is 0.230. The van der Waals surface area contributed by atoms with Gasteiger partial charge in [-0.05, 0) is 53.4 Å². The second-order valence-electron chi connectivity index (χ2n) is 5.42. The SMILES string of the molecule is CCCc1nc(-c2ccc(F)cc2Br)sc1CNC1CC1. The lowest BCUT2D eigenvalue weighted by molar-refractivity contribution is 0.627. The summed E-state index contributed by atoms with van der Waals surface area (Å²) in [5, 5.41) is 4.53. The van der Waals surface area contributed by atoms with Gasteiger partial charge in [0.15, 0.2) is 0 Å². The highest BCUT2D eigenvalue weighted by atomic mass is 79.9. The maximum Gasteiger partial charge on any atom is 0.125 e. The van der Waals surface area contributed by atoms with Gasteiger partial charge in [-0.2, -0.15) is 0 Å². The van der Waals surface area contributed by atoms with E-state index in [1.54, 1.807) is 17.4 Å². The molecule has 0 bridgehead atoms. The molecule has 1 saturated carbocycles. The number of aromatic nitrogens is 1. The highest BCUT2D eigenvalue weighted by molar-refractivity contribution is 9.10. The van der Waals surface area contributed by atoms with Gasteiger partial charge >= 0.3 is 0 Å². The molecule has 1 aromatic heterocycles. The van der Waals surface area contributed by atoms with E-state index in [-0.39, 0.29) is 5.82 Å². The van der Waals surface area contributed by atoms with Crippen molar-refractivity contribution in [2.75, 3.05) is 0 Å². The minimum Gasteiger partial charge on any atom is -0.309 e. The molecule has 1 heterocycles. The van der Waals surface area contributed by atoms with Gasteiger partial charge in [-0.15, -0.1) is 11.3 Å². The molecule has 1 aromatic carbocycles. The number of thiazole rings is 1. The summed E-state index contributed by atoms with van der Waals surface area (Å²) in [6, 6.07) is 5.48. The third-order valence-electron chi connectivity index (χ3n) is 3.56. The summed E-state index contributed by atoms with van der Waals surface area (Å²) in [6.07, 6.45) is 4.66. The second kappa shape index (κ2) is 6.55.